The van der Waals surface area contributed by atoms with E-state index in [1.165, 1.54) is 15.2 Å². The van der Waals surface area contributed by atoms with Crippen LogP contribution in [0.15, 0.2) is 212 Å². The van der Waals surface area contributed by atoms with E-state index in [1.807, 2.05) is 0 Å². The average Bonchev–Trinajstić information content (AvgIpc) is 4.26. The van der Waals surface area contributed by atoms with Gasteiger partial charge in [-0.15, -0.1) is 0 Å². The predicted molar refractivity (Wildman–Crippen MR) is 240 cm³/mol. The number of rotatable bonds is 5. The smallest absolute Gasteiger partial charge is 0.0782 e. The van der Waals surface area contributed by atoms with E-state index in [2.05, 4.69) is 0 Å². The standard InChI is InChI=1S/C54H35N3/c1-3-16-36(17-4-1)40-20-7-11-25-47(40)57-50-28-14-8-21-41(50)44-24-15-29-53(54(44)57)56-49-27-13-10-23-43(49)46-35-38(31-33-52(46)56)37-30-32-51-45(34-37)42-22-9-12-26-48(42)55(51)39-18-5-2-6-19-39/h1-35H/i8D,9D,10D,12D,13D,14D,15D,21D,22D,23D,24D,26D,27D,28D,29D,30D,31D,33D,34D,35D. The highest BCUT2D eigenvalue weighted by molar-refractivity contribution is 6.16. The zero-order chi connectivity index (χ0) is 54.9. The lowest BCUT2D eigenvalue weighted by molar-refractivity contribution is 1.13. The van der Waals surface area contributed by atoms with Crippen LogP contribution in [0.3, 0.4) is 0 Å². The van der Waals surface area contributed by atoms with Crippen LogP contribution in [0.5, 0.6) is 0 Å². The van der Waals surface area contributed by atoms with Crippen LogP contribution in [0.25, 0.3) is 105 Å². The summed E-state index contributed by atoms with van der Waals surface area (Å²) in [5.74, 6) is 0. The zero-order valence-corrected chi connectivity index (χ0v) is 29.5. The molecule has 0 bridgehead atoms. The first kappa shape index (κ1) is 17.9. The minimum absolute atomic E-state index is 0.0168. The van der Waals surface area contributed by atoms with Gasteiger partial charge in [0.2, 0.25) is 0 Å². The topological polar surface area (TPSA) is 14.8 Å². The maximum absolute atomic E-state index is 10.1. The minimum atomic E-state index is -0.794. The summed E-state index contributed by atoms with van der Waals surface area (Å²) in [6.07, 6.45) is 0. The average molecular weight is 746 g/mol. The monoisotopic (exact) mass is 745 g/mol. The lowest BCUT2D eigenvalue weighted by Gasteiger charge is -2.17. The van der Waals surface area contributed by atoms with Crippen molar-refractivity contribution in [2.45, 2.75) is 0 Å². The fourth-order valence-electron chi connectivity index (χ4n) is 7.91. The molecule has 57 heavy (non-hydrogen) atoms. The van der Waals surface area contributed by atoms with Crippen LogP contribution in [0.4, 0.5) is 0 Å². The Balaban J connectivity index is 1.31. The molecule has 266 valence electrons. The zero-order valence-electron chi connectivity index (χ0n) is 49.5. The number of nitrogens with zero attached hydrogens (tertiary/aromatic N) is 3. The second-order valence-corrected chi connectivity index (χ2v) is 13.4. The third-order valence-electron chi connectivity index (χ3n) is 10.3. The van der Waals surface area contributed by atoms with Crippen molar-refractivity contribution in [2.24, 2.45) is 0 Å². The van der Waals surface area contributed by atoms with E-state index in [0.29, 0.717) is 16.8 Å². The maximum atomic E-state index is 10.1. The summed E-state index contributed by atoms with van der Waals surface area (Å²) in [6.45, 7) is 0. The number of para-hydroxylation sites is 6. The van der Waals surface area contributed by atoms with Gasteiger partial charge in [-0.2, -0.15) is 0 Å². The molecular weight excluding hydrogens is 691 g/mol. The number of benzene rings is 9. The Labute approximate surface area is 357 Å². The van der Waals surface area contributed by atoms with Gasteiger partial charge in [0.1, 0.15) is 0 Å². The highest BCUT2D eigenvalue weighted by Crippen LogP contribution is 2.42. The maximum Gasteiger partial charge on any atom is 0.0782 e. The van der Waals surface area contributed by atoms with Gasteiger partial charge in [-0.25, -0.2) is 0 Å². The van der Waals surface area contributed by atoms with Crippen LogP contribution in [0.1, 0.15) is 27.4 Å². The van der Waals surface area contributed by atoms with Gasteiger partial charge < -0.3 is 13.7 Å². The van der Waals surface area contributed by atoms with E-state index < -0.39 is 159 Å². The molecule has 0 unspecified atom stereocenters. The van der Waals surface area contributed by atoms with Gasteiger partial charge in [0.15, 0.2) is 0 Å². The van der Waals surface area contributed by atoms with Crippen molar-refractivity contribution >= 4 is 65.4 Å². The fourth-order valence-corrected chi connectivity index (χ4v) is 7.91. The minimum Gasteiger partial charge on any atom is -0.309 e. The van der Waals surface area contributed by atoms with Crippen LogP contribution >= 0.6 is 0 Å². The lowest BCUT2D eigenvalue weighted by atomic mass is 10.0. The van der Waals surface area contributed by atoms with Gasteiger partial charge in [-0.05, 0) is 83.3 Å². The normalized spacial score (nSPS) is 16.8. The second-order valence-electron chi connectivity index (χ2n) is 13.4. The van der Waals surface area contributed by atoms with Crippen molar-refractivity contribution in [1.29, 1.82) is 0 Å². The van der Waals surface area contributed by atoms with E-state index in [9.17, 15) is 16.4 Å². The molecule has 3 nitrogen and oxygen atoms in total. The molecule has 12 aromatic rings. The second kappa shape index (κ2) is 12.5. The van der Waals surface area contributed by atoms with E-state index in [-0.39, 0.29) is 49.3 Å². The summed E-state index contributed by atoms with van der Waals surface area (Å²) in [4.78, 5) is 0. The molecule has 0 N–H and O–H groups in total. The Hall–Kier alpha value is -7.62. The molecule has 0 saturated carbocycles. The Morgan fingerprint density at radius 3 is 1.60 bits per heavy atom. The molecule has 3 aromatic heterocycles. The number of hydrogen-bond acceptors (Lipinski definition) is 0. The van der Waals surface area contributed by atoms with Crippen LogP contribution in [0, 0.1) is 0 Å². The number of fused-ring (bicyclic) bond motifs is 9. The summed E-state index contributed by atoms with van der Waals surface area (Å²) in [6, 6.07) is 12.5. The van der Waals surface area contributed by atoms with Crippen molar-refractivity contribution in [2.75, 3.05) is 0 Å². The summed E-state index contributed by atoms with van der Waals surface area (Å²) in [5.41, 5.74) is -0.703. The van der Waals surface area contributed by atoms with Gasteiger partial charge in [0.05, 0.1) is 71.9 Å². The highest BCUT2D eigenvalue weighted by atomic mass is 15.1. The summed E-state index contributed by atoms with van der Waals surface area (Å²) in [5, 5.41) is -1.44. The van der Waals surface area contributed by atoms with Gasteiger partial charge in [0, 0.05) is 43.6 Å². The molecule has 3 heteroatoms. The summed E-state index contributed by atoms with van der Waals surface area (Å²) < 4.78 is 191. The van der Waals surface area contributed by atoms with Crippen molar-refractivity contribution in [1.82, 2.24) is 13.7 Å². The first-order valence-corrected chi connectivity index (χ1v) is 18.0. The van der Waals surface area contributed by atoms with E-state index >= 15 is 0 Å². The van der Waals surface area contributed by atoms with Gasteiger partial charge in [-0.1, -0.05) is 145 Å². The molecule has 0 aliphatic carbocycles. The highest BCUT2D eigenvalue weighted by Gasteiger charge is 2.22. The first-order valence-electron chi connectivity index (χ1n) is 28.0. The van der Waals surface area contributed by atoms with Crippen molar-refractivity contribution in [3.05, 3.63) is 212 Å². The third kappa shape index (κ3) is 4.73. The first-order chi connectivity index (χ1) is 36.6. The fraction of sp³-hybridized carbons (Fsp3) is 0. The van der Waals surface area contributed by atoms with Crippen LogP contribution < -0.4 is 0 Å². The van der Waals surface area contributed by atoms with Crippen molar-refractivity contribution < 1.29 is 27.4 Å². The summed E-state index contributed by atoms with van der Waals surface area (Å²) in [7, 11) is 0. The molecule has 0 saturated heterocycles. The van der Waals surface area contributed by atoms with Gasteiger partial charge >= 0.3 is 0 Å². The predicted octanol–water partition coefficient (Wildman–Crippen LogP) is 14.3. The molecule has 0 aliphatic heterocycles. The van der Waals surface area contributed by atoms with E-state index in [1.54, 1.807) is 84.9 Å². The largest absolute Gasteiger partial charge is 0.309 e. The Kier molecular flexibility index (Phi) is 3.91. The molecule has 0 atom stereocenters. The molecule has 0 spiro atoms. The van der Waals surface area contributed by atoms with Crippen LogP contribution in [-0.2, 0) is 0 Å². The van der Waals surface area contributed by atoms with Gasteiger partial charge in [-0.3, -0.25) is 0 Å². The summed E-state index contributed by atoms with van der Waals surface area (Å²) >= 11 is 0. The van der Waals surface area contributed by atoms with Crippen molar-refractivity contribution in [3.8, 4) is 39.3 Å². The molecule has 9 aromatic carbocycles. The van der Waals surface area contributed by atoms with Crippen LogP contribution in [-0.4, -0.2) is 13.7 Å². The number of aromatic nitrogens is 3. The van der Waals surface area contributed by atoms with Crippen LogP contribution in [0.2, 0.25) is 0 Å². The van der Waals surface area contributed by atoms with E-state index in [4.69, 9.17) is 11.0 Å². The molecule has 0 aliphatic rings. The molecule has 0 fully saturated rings. The van der Waals surface area contributed by atoms with Gasteiger partial charge in [0.25, 0.3) is 0 Å². The quantitative estimate of drug-likeness (QED) is 0.167. The Morgan fingerprint density at radius 1 is 0.316 bits per heavy atom. The van der Waals surface area contributed by atoms with Crippen molar-refractivity contribution in [3.63, 3.8) is 0 Å². The molecule has 3 heterocycles. The Bertz CT molecular complexity index is 4680. The SMILES string of the molecule is [2H]c1cc2c(c([2H])c1-c1c([2H])c([2H])c3c(c1[2H])c1c([2H])c([2H])c([2H])c([2H])c1n3-c1c([2H])c([2H])c([2H])c3c4c([2H])c([2H])c([2H])c([2H])c4n(-c4ccccc4-c4ccccc4)c13)c1c([2H])c([2H])c([2H])c([2H])c1n2-c1ccccc1. The third-order valence-corrected chi connectivity index (χ3v) is 10.3. The molecule has 0 amide bonds. The molecule has 12 rings (SSSR count). The molecule has 0 radical (unpaired) electrons. The molecular formula is C54H35N3. The Morgan fingerprint density at radius 2 is 0.860 bits per heavy atom. The van der Waals surface area contributed by atoms with E-state index in [0.717, 1.165) is 4.57 Å². The number of hydrogen-bond donors (Lipinski definition) is 0. The lowest BCUT2D eigenvalue weighted by Crippen LogP contribution is -2.02.